The molecule has 4 N–H and O–H groups in total. The van der Waals surface area contributed by atoms with E-state index in [1.165, 1.54) is 0 Å². The molecule has 116 valence electrons. The fourth-order valence-corrected chi connectivity index (χ4v) is 2.19. The van der Waals surface area contributed by atoms with Crippen molar-refractivity contribution in [2.24, 2.45) is 5.73 Å². The van der Waals surface area contributed by atoms with Crippen LogP contribution >= 0.6 is 0 Å². The van der Waals surface area contributed by atoms with E-state index in [1.807, 2.05) is 0 Å². The first kappa shape index (κ1) is 17.1. The number of benzene rings is 1. The molecule has 0 aliphatic rings. The van der Waals surface area contributed by atoms with Crippen LogP contribution < -0.4 is 11.1 Å². The van der Waals surface area contributed by atoms with Gasteiger partial charge in [-0.3, -0.25) is 4.79 Å². The lowest BCUT2D eigenvalue weighted by atomic mass is 10.1. The maximum absolute atomic E-state index is 13.1. The van der Waals surface area contributed by atoms with Gasteiger partial charge in [0, 0.05) is 6.26 Å². The van der Waals surface area contributed by atoms with Crippen LogP contribution in [0.3, 0.4) is 0 Å². The zero-order valence-electron chi connectivity index (χ0n) is 11.2. The molecule has 0 heterocycles. The molecule has 0 aromatic heterocycles. The minimum atomic E-state index is -3.27. The summed E-state index contributed by atoms with van der Waals surface area (Å²) in [5, 5.41) is 11.1. The van der Waals surface area contributed by atoms with Crippen LogP contribution in [0.25, 0.3) is 0 Å². The predicted octanol–water partition coefficient (Wildman–Crippen LogP) is 0.224. The SMILES string of the molecule is CS(=O)(=O)CCC(N)C(=O)Nc1cc(F)ccc1C(=O)O. The van der Waals surface area contributed by atoms with Crippen molar-refractivity contribution < 1.29 is 27.5 Å². The summed E-state index contributed by atoms with van der Waals surface area (Å²) in [6.45, 7) is 0. The van der Waals surface area contributed by atoms with Gasteiger partial charge in [-0.15, -0.1) is 0 Å². The highest BCUT2D eigenvalue weighted by Crippen LogP contribution is 2.17. The van der Waals surface area contributed by atoms with Gasteiger partial charge >= 0.3 is 5.97 Å². The molecule has 0 bridgehead atoms. The number of carboxylic acid groups (broad SMARTS) is 1. The van der Waals surface area contributed by atoms with Crippen LogP contribution in [0.2, 0.25) is 0 Å². The molecule has 0 spiro atoms. The summed E-state index contributed by atoms with van der Waals surface area (Å²) in [5.74, 6) is -3.13. The third kappa shape index (κ3) is 5.48. The number of aromatic carboxylic acids is 1. The van der Waals surface area contributed by atoms with Gasteiger partial charge in [0.05, 0.1) is 23.0 Å². The Morgan fingerprint density at radius 1 is 1.43 bits per heavy atom. The first-order chi connectivity index (χ1) is 9.60. The second kappa shape index (κ2) is 6.64. The molecule has 0 radical (unpaired) electrons. The number of rotatable bonds is 6. The molecule has 1 amide bonds. The molecule has 1 aromatic rings. The highest BCUT2D eigenvalue weighted by molar-refractivity contribution is 7.90. The van der Waals surface area contributed by atoms with E-state index in [1.54, 1.807) is 0 Å². The second-order valence-corrected chi connectivity index (χ2v) is 6.77. The number of carbonyl (C=O) groups excluding carboxylic acids is 1. The molecular weight excluding hydrogens is 303 g/mol. The van der Waals surface area contributed by atoms with E-state index >= 15 is 0 Å². The van der Waals surface area contributed by atoms with Crippen molar-refractivity contribution in [1.29, 1.82) is 0 Å². The average molecular weight is 318 g/mol. The third-order valence-corrected chi connectivity index (χ3v) is 3.58. The fourth-order valence-electron chi connectivity index (χ4n) is 1.50. The number of anilines is 1. The minimum absolute atomic E-state index is 0.123. The van der Waals surface area contributed by atoms with Crippen molar-refractivity contribution in [2.75, 3.05) is 17.3 Å². The number of nitrogens with one attached hydrogen (secondary N) is 1. The van der Waals surface area contributed by atoms with Crippen LogP contribution in [0, 0.1) is 5.82 Å². The van der Waals surface area contributed by atoms with Crippen LogP contribution in [0.1, 0.15) is 16.8 Å². The van der Waals surface area contributed by atoms with E-state index in [2.05, 4.69) is 5.32 Å². The maximum Gasteiger partial charge on any atom is 0.337 e. The van der Waals surface area contributed by atoms with Gasteiger partial charge in [-0.05, 0) is 24.6 Å². The number of carbonyl (C=O) groups is 2. The molecule has 0 saturated heterocycles. The summed E-state index contributed by atoms with van der Waals surface area (Å²) >= 11 is 0. The van der Waals surface area contributed by atoms with Gasteiger partial charge < -0.3 is 16.2 Å². The summed E-state index contributed by atoms with van der Waals surface area (Å²) in [4.78, 5) is 22.7. The Hall–Kier alpha value is -2.00. The molecule has 21 heavy (non-hydrogen) atoms. The summed E-state index contributed by atoms with van der Waals surface area (Å²) in [6, 6.07) is 1.66. The van der Waals surface area contributed by atoms with Crippen LogP contribution in [0.15, 0.2) is 18.2 Å². The number of hydrogen-bond donors (Lipinski definition) is 3. The first-order valence-electron chi connectivity index (χ1n) is 5.87. The summed E-state index contributed by atoms with van der Waals surface area (Å²) in [5.41, 5.74) is 4.99. The quantitative estimate of drug-likeness (QED) is 0.689. The van der Waals surface area contributed by atoms with E-state index in [4.69, 9.17) is 10.8 Å². The lowest BCUT2D eigenvalue weighted by Gasteiger charge is -2.13. The van der Waals surface area contributed by atoms with E-state index in [0.717, 1.165) is 24.5 Å². The van der Waals surface area contributed by atoms with E-state index < -0.39 is 33.6 Å². The fraction of sp³-hybridized carbons (Fsp3) is 0.333. The highest BCUT2D eigenvalue weighted by atomic mass is 32.2. The molecule has 0 saturated carbocycles. The summed E-state index contributed by atoms with van der Waals surface area (Å²) < 4.78 is 35.1. The normalized spacial score (nSPS) is 12.7. The van der Waals surface area contributed by atoms with Gasteiger partial charge in [0.15, 0.2) is 0 Å². The molecule has 1 unspecified atom stereocenters. The third-order valence-electron chi connectivity index (χ3n) is 2.61. The van der Waals surface area contributed by atoms with E-state index in [9.17, 15) is 22.4 Å². The molecule has 0 aliphatic heterocycles. The van der Waals surface area contributed by atoms with Crippen molar-refractivity contribution in [3.63, 3.8) is 0 Å². The predicted molar refractivity (Wildman–Crippen MR) is 74.3 cm³/mol. The summed E-state index contributed by atoms with van der Waals surface area (Å²) in [6.07, 6.45) is 0.884. The van der Waals surface area contributed by atoms with Gasteiger partial charge in [-0.1, -0.05) is 0 Å². The monoisotopic (exact) mass is 318 g/mol. The van der Waals surface area contributed by atoms with Crippen molar-refractivity contribution in [1.82, 2.24) is 0 Å². The van der Waals surface area contributed by atoms with E-state index in [0.29, 0.717) is 0 Å². The minimum Gasteiger partial charge on any atom is -0.478 e. The Kier molecular flexibility index (Phi) is 5.39. The molecule has 1 aromatic carbocycles. The zero-order valence-corrected chi connectivity index (χ0v) is 12.0. The van der Waals surface area contributed by atoms with Crippen molar-refractivity contribution in [2.45, 2.75) is 12.5 Å². The highest BCUT2D eigenvalue weighted by Gasteiger charge is 2.19. The van der Waals surface area contributed by atoms with Crippen LogP contribution in [-0.4, -0.2) is 43.5 Å². The molecule has 0 fully saturated rings. The largest absolute Gasteiger partial charge is 0.478 e. The molecule has 9 heteroatoms. The van der Waals surface area contributed by atoms with Crippen molar-refractivity contribution in [3.8, 4) is 0 Å². The Bertz CT molecular complexity index is 660. The molecule has 0 aliphatic carbocycles. The van der Waals surface area contributed by atoms with Crippen LogP contribution in [0.4, 0.5) is 10.1 Å². The lowest BCUT2D eigenvalue weighted by molar-refractivity contribution is -0.117. The zero-order chi connectivity index (χ0) is 16.2. The number of carboxylic acids is 1. The Morgan fingerprint density at radius 3 is 2.57 bits per heavy atom. The van der Waals surface area contributed by atoms with E-state index in [-0.39, 0.29) is 23.4 Å². The molecule has 1 atom stereocenters. The van der Waals surface area contributed by atoms with Gasteiger partial charge in [-0.2, -0.15) is 0 Å². The molecular formula is C12H15FN2O5S. The van der Waals surface area contributed by atoms with Gasteiger partial charge in [0.1, 0.15) is 15.7 Å². The lowest BCUT2D eigenvalue weighted by Crippen LogP contribution is -2.37. The molecule has 7 nitrogen and oxygen atoms in total. The van der Waals surface area contributed by atoms with Crippen molar-refractivity contribution in [3.05, 3.63) is 29.6 Å². The van der Waals surface area contributed by atoms with Crippen LogP contribution in [0.5, 0.6) is 0 Å². The van der Waals surface area contributed by atoms with Gasteiger partial charge in [0.2, 0.25) is 5.91 Å². The Labute approximate surface area is 120 Å². The van der Waals surface area contributed by atoms with Crippen molar-refractivity contribution >= 4 is 27.4 Å². The maximum atomic E-state index is 13.1. The average Bonchev–Trinajstić information content (AvgIpc) is 2.34. The number of hydrogen-bond acceptors (Lipinski definition) is 5. The number of sulfone groups is 1. The Balaban J connectivity index is 2.83. The topological polar surface area (TPSA) is 127 Å². The number of amides is 1. The second-order valence-electron chi connectivity index (χ2n) is 4.51. The standard InChI is InChI=1S/C12H15FN2O5S/c1-21(19,20)5-4-9(14)11(16)15-10-6-7(13)2-3-8(10)12(17)18/h2-3,6,9H,4-5,14H2,1H3,(H,15,16)(H,17,18). The number of nitrogens with two attached hydrogens (primary N) is 1. The van der Waals surface area contributed by atoms with Gasteiger partial charge in [0.25, 0.3) is 0 Å². The first-order valence-corrected chi connectivity index (χ1v) is 7.93. The Morgan fingerprint density at radius 2 is 2.05 bits per heavy atom. The summed E-state index contributed by atoms with van der Waals surface area (Å²) in [7, 11) is -3.27. The van der Waals surface area contributed by atoms with Crippen LogP contribution in [-0.2, 0) is 14.6 Å². The smallest absolute Gasteiger partial charge is 0.337 e. The molecule has 1 rings (SSSR count). The number of halogens is 1. The van der Waals surface area contributed by atoms with Gasteiger partial charge in [-0.25, -0.2) is 17.6 Å².